The number of hydrazone groups is 1. The number of amidine groups is 1. The van der Waals surface area contributed by atoms with Crippen LogP contribution in [0.25, 0.3) is 0 Å². The van der Waals surface area contributed by atoms with Crippen LogP contribution >= 0.6 is 11.6 Å². The maximum absolute atomic E-state index is 12.4. The largest absolute Gasteiger partial charge is 0.326 e. The molecule has 0 saturated carbocycles. The van der Waals surface area contributed by atoms with Crippen LogP contribution in [0.3, 0.4) is 0 Å². The third-order valence-electron chi connectivity index (χ3n) is 4.13. The van der Waals surface area contributed by atoms with E-state index in [1.54, 1.807) is 35.5 Å². The molecule has 2 N–H and O–H groups in total. The average molecular weight is 368 g/mol. The SMILES string of the molecule is O=C(C[C@H]1C(=O)NN=C2c3ccccc3N=CN21)Nc1ccc(Cl)cc1. The van der Waals surface area contributed by atoms with Crippen LogP contribution in [-0.2, 0) is 9.59 Å². The molecule has 0 unspecified atom stereocenters. The summed E-state index contributed by atoms with van der Waals surface area (Å²) in [7, 11) is 0. The predicted molar refractivity (Wildman–Crippen MR) is 99.6 cm³/mol. The number of hydrogen-bond donors (Lipinski definition) is 2. The molecule has 2 amide bonds. The molecule has 2 aromatic carbocycles. The van der Waals surface area contributed by atoms with E-state index in [0.717, 1.165) is 11.3 Å². The lowest BCUT2D eigenvalue weighted by molar-refractivity contribution is -0.128. The average Bonchev–Trinajstić information content (AvgIpc) is 2.65. The molecule has 2 aliphatic heterocycles. The second kappa shape index (κ2) is 6.61. The first-order valence-corrected chi connectivity index (χ1v) is 8.34. The summed E-state index contributed by atoms with van der Waals surface area (Å²) in [4.78, 5) is 30.7. The molecule has 2 aromatic rings. The van der Waals surface area contributed by atoms with E-state index in [2.05, 4.69) is 20.8 Å². The molecule has 0 radical (unpaired) electrons. The van der Waals surface area contributed by atoms with E-state index >= 15 is 0 Å². The van der Waals surface area contributed by atoms with Gasteiger partial charge < -0.3 is 10.2 Å². The number of carbonyl (C=O) groups excluding carboxylic acids is 2. The van der Waals surface area contributed by atoms with Gasteiger partial charge in [0, 0.05) is 16.3 Å². The highest BCUT2D eigenvalue weighted by Crippen LogP contribution is 2.27. The smallest absolute Gasteiger partial charge is 0.263 e. The van der Waals surface area contributed by atoms with Gasteiger partial charge in [0.15, 0.2) is 5.84 Å². The first-order chi connectivity index (χ1) is 12.6. The maximum Gasteiger partial charge on any atom is 0.263 e. The van der Waals surface area contributed by atoms with E-state index < -0.39 is 6.04 Å². The zero-order valence-electron chi connectivity index (χ0n) is 13.5. The summed E-state index contributed by atoms with van der Waals surface area (Å²) < 4.78 is 0. The molecule has 0 aliphatic carbocycles. The minimum Gasteiger partial charge on any atom is -0.326 e. The van der Waals surface area contributed by atoms with Gasteiger partial charge in [-0.1, -0.05) is 23.7 Å². The van der Waals surface area contributed by atoms with E-state index in [1.807, 2.05) is 24.3 Å². The highest BCUT2D eigenvalue weighted by molar-refractivity contribution is 6.30. The van der Waals surface area contributed by atoms with Crippen molar-refractivity contribution < 1.29 is 9.59 Å². The summed E-state index contributed by atoms with van der Waals surface area (Å²) in [6.07, 6.45) is 1.50. The number of hydrogen-bond acceptors (Lipinski definition) is 5. The molecule has 4 rings (SSSR count). The summed E-state index contributed by atoms with van der Waals surface area (Å²) in [6.45, 7) is 0. The Balaban J connectivity index is 1.54. The fraction of sp³-hybridized carbons (Fsp3) is 0.111. The van der Waals surface area contributed by atoms with Gasteiger partial charge in [-0.25, -0.2) is 10.4 Å². The quantitative estimate of drug-likeness (QED) is 0.873. The molecule has 7 nitrogen and oxygen atoms in total. The number of amides is 2. The number of para-hydroxylation sites is 1. The Kier molecular flexibility index (Phi) is 4.14. The third kappa shape index (κ3) is 3.04. The van der Waals surface area contributed by atoms with Gasteiger partial charge in [-0.3, -0.25) is 9.59 Å². The van der Waals surface area contributed by atoms with Crippen LogP contribution in [0.2, 0.25) is 5.02 Å². The number of fused-ring (bicyclic) bond motifs is 3. The lowest BCUT2D eigenvalue weighted by atomic mass is 10.1. The first kappa shape index (κ1) is 16.3. The van der Waals surface area contributed by atoms with Gasteiger partial charge in [-0.15, -0.1) is 0 Å². The number of carbonyl (C=O) groups is 2. The second-order valence-electron chi connectivity index (χ2n) is 5.86. The van der Waals surface area contributed by atoms with Crippen LogP contribution in [0.5, 0.6) is 0 Å². The van der Waals surface area contributed by atoms with Gasteiger partial charge in [-0.2, -0.15) is 5.10 Å². The van der Waals surface area contributed by atoms with Crippen LogP contribution in [0.1, 0.15) is 12.0 Å². The number of halogens is 1. The first-order valence-electron chi connectivity index (χ1n) is 7.97. The van der Waals surface area contributed by atoms with Crippen molar-refractivity contribution >= 4 is 47.0 Å². The predicted octanol–water partition coefficient (Wildman–Crippen LogP) is 2.50. The molecular weight excluding hydrogens is 354 g/mol. The molecule has 0 fully saturated rings. The van der Waals surface area contributed by atoms with E-state index in [0.29, 0.717) is 16.5 Å². The summed E-state index contributed by atoms with van der Waals surface area (Å²) in [5.74, 6) is -0.0775. The standard InChI is InChI=1S/C18H14ClN5O2/c19-11-5-7-12(8-6-11)21-16(25)9-15-18(26)23-22-17-13-3-1-2-4-14(13)20-10-24(15)17/h1-8,10,15H,9H2,(H,21,25)(H,23,26)/t15-/m0/s1. The third-order valence-corrected chi connectivity index (χ3v) is 4.38. The Morgan fingerprint density at radius 2 is 1.96 bits per heavy atom. The second-order valence-corrected chi connectivity index (χ2v) is 6.29. The van der Waals surface area contributed by atoms with Gasteiger partial charge in [0.1, 0.15) is 6.04 Å². The van der Waals surface area contributed by atoms with Crippen LogP contribution < -0.4 is 10.7 Å². The monoisotopic (exact) mass is 367 g/mol. The van der Waals surface area contributed by atoms with Crippen molar-refractivity contribution in [2.75, 3.05) is 5.32 Å². The summed E-state index contributed by atoms with van der Waals surface area (Å²) >= 11 is 5.84. The van der Waals surface area contributed by atoms with Crippen LogP contribution in [0.15, 0.2) is 58.6 Å². The van der Waals surface area contributed by atoms with Crippen molar-refractivity contribution in [1.29, 1.82) is 0 Å². The van der Waals surface area contributed by atoms with Crippen molar-refractivity contribution in [2.24, 2.45) is 10.1 Å². The fourth-order valence-electron chi connectivity index (χ4n) is 2.86. The maximum atomic E-state index is 12.4. The number of rotatable bonds is 3. The van der Waals surface area contributed by atoms with Crippen molar-refractivity contribution in [3.63, 3.8) is 0 Å². The molecule has 8 heteroatoms. The Morgan fingerprint density at radius 3 is 2.77 bits per heavy atom. The fourth-order valence-corrected chi connectivity index (χ4v) is 2.99. The zero-order chi connectivity index (χ0) is 18.1. The zero-order valence-corrected chi connectivity index (χ0v) is 14.3. The van der Waals surface area contributed by atoms with Crippen molar-refractivity contribution in [1.82, 2.24) is 10.3 Å². The summed E-state index contributed by atoms with van der Waals surface area (Å²) in [6, 6.07) is 13.5. The van der Waals surface area contributed by atoms with Gasteiger partial charge in [0.2, 0.25) is 5.91 Å². The van der Waals surface area contributed by atoms with Crippen molar-refractivity contribution in [3.8, 4) is 0 Å². The van der Waals surface area contributed by atoms with E-state index in [4.69, 9.17) is 11.6 Å². The lowest BCUT2D eigenvalue weighted by Gasteiger charge is -2.34. The minimum atomic E-state index is -0.730. The molecule has 130 valence electrons. The summed E-state index contributed by atoms with van der Waals surface area (Å²) in [5.41, 5.74) is 4.68. The molecule has 2 aliphatic rings. The molecule has 0 spiro atoms. The molecule has 0 saturated heterocycles. The Labute approximate surface area is 154 Å². The number of anilines is 1. The molecular formula is C18H14ClN5O2. The van der Waals surface area contributed by atoms with Gasteiger partial charge in [-0.05, 0) is 36.4 Å². The van der Waals surface area contributed by atoms with Crippen LogP contribution in [0.4, 0.5) is 11.4 Å². The number of aliphatic imine (C=N–C) groups is 1. The molecule has 0 bridgehead atoms. The summed E-state index contributed by atoms with van der Waals surface area (Å²) in [5, 5.41) is 7.48. The normalized spacial score (nSPS) is 17.7. The highest BCUT2D eigenvalue weighted by atomic mass is 35.5. The van der Waals surface area contributed by atoms with Gasteiger partial charge >= 0.3 is 0 Å². The molecule has 1 atom stereocenters. The topological polar surface area (TPSA) is 86.2 Å². The van der Waals surface area contributed by atoms with E-state index in [1.165, 1.54) is 0 Å². The van der Waals surface area contributed by atoms with Gasteiger partial charge in [0.05, 0.1) is 18.4 Å². The molecule has 2 heterocycles. The Hall–Kier alpha value is -3.19. The minimum absolute atomic E-state index is 0.0400. The van der Waals surface area contributed by atoms with E-state index in [-0.39, 0.29) is 18.2 Å². The number of benzene rings is 2. The van der Waals surface area contributed by atoms with Crippen LogP contribution in [0, 0.1) is 0 Å². The number of nitrogens with one attached hydrogen (secondary N) is 2. The van der Waals surface area contributed by atoms with Crippen LogP contribution in [-0.4, -0.2) is 34.9 Å². The van der Waals surface area contributed by atoms with Crippen molar-refractivity contribution in [3.05, 3.63) is 59.1 Å². The lowest BCUT2D eigenvalue weighted by Crippen LogP contribution is -2.54. The number of nitrogens with zero attached hydrogens (tertiary/aromatic N) is 3. The Bertz CT molecular complexity index is 939. The molecule has 26 heavy (non-hydrogen) atoms. The van der Waals surface area contributed by atoms with E-state index in [9.17, 15) is 9.59 Å². The molecule has 0 aromatic heterocycles. The highest BCUT2D eigenvalue weighted by Gasteiger charge is 2.36. The van der Waals surface area contributed by atoms with Gasteiger partial charge in [0.25, 0.3) is 5.91 Å². The van der Waals surface area contributed by atoms with Crippen molar-refractivity contribution in [2.45, 2.75) is 12.5 Å². The Morgan fingerprint density at radius 1 is 1.19 bits per heavy atom.